The number of hydroxylamine groups is 2. The Balaban J connectivity index is 1.51. The quantitative estimate of drug-likeness (QED) is 0.363. The molecule has 0 fully saturated rings. The van der Waals surface area contributed by atoms with E-state index in [0.29, 0.717) is 16.4 Å². The predicted octanol–water partition coefficient (Wildman–Crippen LogP) is 2.01. The molecular weight excluding hydrogens is 471 g/mol. The number of nitrogens with zero attached hydrogens (tertiary/aromatic N) is 5. The molecule has 0 spiro atoms. The maximum absolute atomic E-state index is 13.2. The number of carbonyl (C=O) groups excluding carboxylic acids is 2. The molecule has 0 bridgehead atoms. The molecule has 3 amide bonds. The van der Waals surface area contributed by atoms with Crippen molar-refractivity contribution in [2.75, 3.05) is 22.2 Å². The second-order valence-corrected chi connectivity index (χ2v) is 7.27. The van der Waals surface area contributed by atoms with E-state index in [-0.39, 0.29) is 29.6 Å². The van der Waals surface area contributed by atoms with Gasteiger partial charge >= 0.3 is 12.2 Å². The van der Waals surface area contributed by atoms with Crippen molar-refractivity contribution in [3.05, 3.63) is 71.9 Å². The maximum atomic E-state index is 13.2. The van der Waals surface area contributed by atoms with Crippen molar-refractivity contribution < 1.29 is 28.0 Å². The number of hydrogen-bond acceptors (Lipinski definition) is 8. The summed E-state index contributed by atoms with van der Waals surface area (Å²) < 4.78 is 40.8. The average molecular weight is 489 g/mol. The van der Waals surface area contributed by atoms with Crippen LogP contribution in [0.3, 0.4) is 0 Å². The third-order valence-electron chi connectivity index (χ3n) is 4.98. The molecule has 0 unspecified atom stereocenters. The van der Waals surface area contributed by atoms with Gasteiger partial charge in [0.25, 0.3) is 5.91 Å². The van der Waals surface area contributed by atoms with Crippen molar-refractivity contribution in [2.24, 2.45) is 11.5 Å². The highest BCUT2D eigenvalue weighted by Gasteiger charge is 2.32. The summed E-state index contributed by atoms with van der Waals surface area (Å²) in [5.41, 5.74) is 10.7. The van der Waals surface area contributed by atoms with E-state index in [9.17, 15) is 28.0 Å². The summed E-state index contributed by atoms with van der Waals surface area (Å²) in [5, 5.41) is 22.7. The number of benzene rings is 2. The third-order valence-corrected chi connectivity index (χ3v) is 4.98. The molecule has 15 heteroatoms. The van der Waals surface area contributed by atoms with E-state index < -0.39 is 23.7 Å². The van der Waals surface area contributed by atoms with Crippen LogP contribution in [0.1, 0.15) is 5.56 Å². The second-order valence-electron chi connectivity index (χ2n) is 7.27. The highest BCUT2D eigenvalue weighted by molar-refractivity contribution is 6.01. The normalized spacial score (nSPS) is 13.8. The Labute approximate surface area is 195 Å². The lowest BCUT2D eigenvalue weighted by Gasteiger charge is -2.20. The van der Waals surface area contributed by atoms with Crippen LogP contribution < -0.4 is 27.0 Å². The number of anilines is 3. The minimum absolute atomic E-state index is 0.0522. The summed E-state index contributed by atoms with van der Waals surface area (Å²) in [6.07, 6.45) is -1.86. The van der Waals surface area contributed by atoms with Crippen molar-refractivity contribution in [2.45, 2.75) is 6.18 Å². The largest absolute Gasteiger partial charge is 0.416 e. The van der Waals surface area contributed by atoms with Gasteiger partial charge in [-0.1, -0.05) is 5.21 Å². The van der Waals surface area contributed by atoms with Crippen LogP contribution in [0.5, 0.6) is 0 Å². The first-order valence-corrected chi connectivity index (χ1v) is 9.84. The number of hydrogen-bond donors (Lipinski definition) is 5. The van der Waals surface area contributed by atoms with Crippen LogP contribution in [0.15, 0.2) is 66.4 Å². The van der Waals surface area contributed by atoms with E-state index in [4.69, 9.17) is 11.5 Å². The highest BCUT2D eigenvalue weighted by atomic mass is 19.4. The lowest BCUT2D eigenvalue weighted by atomic mass is 10.1. The lowest BCUT2D eigenvalue weighted by Crippen LogP contribution is -2.28. The number of alkyl halides is 3. The lowest BCUT2D eigenvalue weighted by molar-refractivity contribution is -0.137. The summed E-state index contributed by atoms with van der Waals surface area (Å²) in [6, 6.07) is 8.11. The third kappa shape index (κ3) is 4.79. The highest BCUT2D eigenvalue weighted by Crippen LogP contribution is 2.33. The Kier molecular flexibility index (Phi) is 5.92. The Morgan fingerprint density at radius 3 is 2.37 bits per heavy atom. The number of amides is 3. The molecule has 182 valence electrons. The fraction of sp³-hybridized carbons (Fsp3) is 0.100. The smallest absolute Gasteiger partial charge is 0.383 e. The number of carbonyl (C=O) groups is 2. The van der Waals surface area contributed by atoms with Gasteiger partial charge in [0.2, 0.25) is 0 Å². The summed E-state index contributed by atoms with van der Waals surface area (Å²) >= 11 is 0. The fourth-order valence-electron chi connectivity index (χ4n) is 3.37. The van der Waals surface area contributed by atoms with Gasteiger partial charge in [0.1, 0.15) is 12.5 Å². The monoisotopic (exact) mass is 489 g/mol. The van der Waals surface area contributed by atoms with Crippen molar-refractivity contribution in [3.8, 4) is 5.69 Å². The molecule has 2 aromatic carbocycles. The summed E-state index contributed by atoms with van der Waals surface area (Å²) in [7, 11) is 0. The predicted molar refractivity (Wildman–Crippen MR) is 117 cm³/mol. The SMILES string of the molecule is NC(=O)C1=C(N)N(c2ccc(NC(=O)Nc3cc(C(F)(F)F)ccc3-n3ccnn3)cc2)CN1O. The molecule has 3 aromatic rings. The number of rotatable bonds is 5. The number of nitrogens with one attached hydrogen (secondary N) is 2. The molecule has 0 atom stereocenters. The van der Waals surface area contributed by atoms with Gasteiger partial charge in [0.05, 0.1) is 29.3 Å². The van der Waals surface area contributed by atoms with Crippen molar-refractivity contribution in [3.63, 3.8) is 0 Å². The van der Waals surface area contributed by atoms with Gasteiger partial charge in [-0.25, -0.2) is 14.5 Å². The number of halogens is 3. The second kappa shape index (κ2) is 8.86. The molecule has 7 N–H and O–H groups in total. The Hall–Kier alpha value is -4.79. The van der Waals surface area contributed by atoms with Gasteiger partial charge in [-0.3, -0.25) is 10.0 Å². The van der Waals surface area contributed by atoms with Crippen LogP contribution in [0.4, 0.5) is 35.0 Å². The van der Waals surface area contributed by atoms with E-state index >= 15 is 0 Å². The number of nitrogens with two attached hydrogens (primary N) is 2. The van der Waals surface area contributed by atoms with Crippen molar-refractivity contribution in [1.29, 1.82) is 0 Å². The minimum atomic E-state index is -4.62. The molecule has 1 aliphatic rings. The zero-order valence-corrected chi connectivity index (χ0v) is 17.7. The summed E-state index contributed by atoms with van der Waals surface area (Å²) in [6.45, 7) is -0.141. The molecule has 4 rings (SSSR count). The zero-order chi connectivity index (χ0) is 25.3. The van der Waals surface area contributed by atoms with E-state index in [0.717, 1.165) is 12.1 Å². The number of aromatic nitrogens is 3. The Morgan fingerprint density at radius 1 is 1.09 bits per heavy atom. The summed E-state index contributed by atoms with van der Waals surface area (Å²) in [5.74, 6) is -0.953. The van der Waals surface area contributed by atoms with E-state index in [1.54, 1.807) is 12.1 Å². The van der Waals surface area contributed by atoms with Crippen LogP contribution in [0.25, 0.3) is 5.69 Å². The van der Waals surface area contributed by atoms with Crippen LogP contribution >= 0.6 is 0 Å². The molecular formula is C20H18F3N9O3. The molecule has 0 radical (unpaired) electrons. The van der Waals surface area contributed by atoms with Crippen molar-refractivity contribution >= 4 is 29.0 Å². The summed E-state index contributed by atoms with van der Waals surface area (Å²) in [4.78, 5) is 25.4. The van der Waals surface area contributed by atoms with Crippen LogP contribution in [0.2, 0.25) is 0 Å². The standard InChI is InChI=1S/C20H18F3N9O3/c21-20(22,23)11-1-6-15(31-8-7-26-29-31)14(9-11)28-19(34)27-12-2-4-13(5-3-12)30-10-32(35)16(17(30)24)18(25)33/h1-9,35H,10,24H2,(H2,25,33)(H2,27,28,34). The van der Waals surface area contributed by atoms with E-state index in [2.05, 4.69) is 20.9 Å². The minimum Gasteiger partial charge on any atom is -0.383 e. The molecule has 0 aliphatic carbocycles. The molecule has 1 aliphatic heterocycles. The fourth-order valence-corrected chi connectivity index (χ4v) is 3.37. The first-order valence-electron chi connectivity index (χ1n) is 9.84. The van der Waals surface area contributed by atoms with Crippen LogP contribution in [-0.4, -0.2) is 43.9 Å². The Morgan fingerprint density at radius 2 is 1.80 bits per heavy atom. The molecule has 0 saturated heterocycles. The van der Waals surface area contributed by atoms with E-state index in [1.807, 2.05) is 0 Å². The average Bonchev–Trinajstić information content (AvgIpc) is 3.41. The van der Waals surface area contributed by atoms with Crippen LogP contribution in [0, 0.1) is 0 Å². The first kappa shape index (κ1) is 23.4. The molecule has 0 saturated carbocycles. The molecule has 1 aromatic heterocycles. The topological polar surface area (TPSA) is 168 Å². The number of urea groups is 1. The van der Waals surface area contributed by atoms with Crippen molar-refractivity contribution in [1.82, 2.24) is 20.1 Å². The molecule has 2 heterocycles. The van der Waals surface area contributed by atoms with Gasteiger partial charge < -0.3 is 27.0 Å². The zero-order valence-electron chi connectivity index (χ0n) is 17.7. The first-order chi connectivity index (χ1) is 16.5. The number of primary amides is 1. The van der Waals surface area contributed by atoms with Crippen LogP contribution in [-0.2, 0) is 11.0 Å². The Bertz CT molecular complexity index is 1290. The maximum Gasteiger partial charge on any atom is 0.416 e. The van der Waals surface area contributed by atoms with Gasteiger partial charge in [0.15, 0.2) is 5.70 Å². The molecule has 35 heavy (non-hydrogen) atoms. The van der Waals surface area contributed by atoms with Gasteiger partial charge in [0, 0.05) is 11.4 Å². The molecule has 12 nitrogen and oxygen atoms in total. The van der Waals surface area contributed by atoms with Gasteiger partial charge in [-0.15, -0.1) is 5.10 Å². The van der Waals surface area contributed by atoms with Gasteiger partial charge in [-0.05, 0) is 42.5 Å². The van der Waals surface area contributed by atoms with Gasteiger partial charge in [-0.2, -0.15) is 13.2 Å². The van der Waals surface area contributed by atoms with E-state index in [1.165, 1.54) is 40.2 Å².